The number of allylic oxidation sites excluding steroid dienone is 2. The predicted octanol–water partition coefficient (Wildman–Crippen LogP) is -2.19. The molecule has 40 valence electrons. The van der Waals surface area contributed by atoms with Crippen LogP contribution in [0.5, 0.6) is 0 Å². The van der Waals surface area contributed by atoms with Gasteiger partial charge in [-0.2, -0.15) is 0 Å². The van der Waals surface area contributed by atoms with E-state index in [0.717, 1.165) is 19.3 Å². The van der Waals surface area contributed by atoms with E-state index in [1.807, 2.05) is 0 Å². The van der Waals surface area contributed by atoms with Crippen molar-refractivity contribution in [1.82, 2.24) is 0 Å². The van der Waals surface area contributed by atoms with Crippen LogP contribution >= 0.6 is 0 Å². The maximum Gasteiger partial charge on any atom is 1.00 e. The van der Waals surface area contributed by atoms with Crippen LogP contribution in [0.15, 0.2) is 11.8 Å². The first-order valence-electron chi connectivity index (χ1n) is 2.75. The van der Waals surface area contributed by atoms with E-state index in [9.17, 15) is 5.11 Å². The van der Waals surface area contributed by atoms with Gasteiger partial charge in [-0.3, -0.25) is 0 Å². The van der Waals surface area contributed by atoms with Crippen molar-refractivity contribution in [3.05, 3.63) is 11.8 Å². The molecule has 0 heterocycles. The fraction of sp³-hybridized carbons (Fsp3) is 0.667. The van der Waals surface area contributed by atoms with Crippen molar-refractivity contribution in [1.29, 1.82) is 0 Å². The largest absolute Gasteiger partial charge is 1.00 e. The summed E-state index contributed by atoms with van der Waals surface area (Å²) < 4.78 is 0. The van der Waals surface area contributed by atoms with Crippen LogP contribution in [0, 0.1) is 0 Å². The van der Waals surface area contributed by atoms with Crippen molar-refractivity contribution in [2.75, 3.05) is 0 Å². The number of hydrogen-bond acceptors (Lipinski definition) is 1. The van der Waals surface area contributed by atoms with Gasteiger partial charge in [0.1, 0.15) is 0 Å². The van der Waals surface area contributed by atoms with Crippen molar-refractivity contribution in [3.8, 4) is 0 Å². The molecule has 0 bridgehead atoms. The van der Waals surface area contributed by atoms with Gasteiger partial charge < -0.3 is 5.11 Å². The van der Waals surface area contributed by atoms with Crippen molar-refractivity contribution in [2.24, 2.45) is 0 Å². The second-order valence-corrected chi connectivity index (χ2v) is 1.92. The Morgan fingerprint density at radius 2 is 2.12 bits per heavy atom. The molecule has 0 N–H and O–H groups in total. The minimum atomic E-state index is 0. The average molecular weight is 104 g/mol. The van der Waals surface area contributed by atoms with Gasteiger partial charge in [-0.25, -0.2) is 0 Å². The van der Waals surface area contributed by atoms with Crippen LogP contribution in [0.3, 0.4) is 0 Å². The molecule has 0 atom stereocenters. The summed E-state index contributed by atoms with van der Waals surface area (Å²) in [5.41, 5.74) is 0. The Bertz CT molecular complexity index is 88.5. The zero-order valence-electron chi connectivity index (χ0n) is 5.31. The zero-order valence-corrected chi connectivity index (χ0v) is 5.31. The molecule has 0 unspecified atom stereocenters. The molecular formula is C6H9LiO. The number of rotatable bonds is 0. The fourth-order valence-electron chi connectivity index (χ4n) is 0.809. The van der Waals surface area contributed by atoms with Gasteiger partial charge in [0, 0.05) is 0 Å². The molecule has 1 aliphatic rings. The van der Waals surface area contributed by atoms with Crippen molar-refractivity contribution >= 4 is 0 Å². The third kappa shape index (κ3) is 2.45. The van der Waals surface area contributed by atoms with Crippen molar-refractivity contribution < 1.29 is 24.0 Å². The van der Waals surface area contributed by atoms with Gasteiger partial charge in [0.05, 0.1) is 0 Å². The molecule has 8 heavy (non-hydrogen) atoms. The maximum atomic E-state index is 10.4. The van der Waals surface area contributed by atoms with Crippen LogP contribution in [0.4, 0.5) is 0 Å². The Morgan fingerprint density at radius 3 is 2.38 bits per heavy atom. The predicted molar refractivity (Wildman–Crippen MR) is 26.6 cm³/mol. The van der Waals surface area contributed by atoms with Crippen LogP contribution in [0.2, 0.25) is 0 Å². The molecule has 0 aromatic rings. The summed E-state index contributed by atoms with van der Waals surface area (Å²) in [7, 11) is 0. The van der Waals surface area contributed by atoms with Crippen LogP contribution in [0.1, 0.15) is 25.7 Å². The Balaban J connectivity index is 0.000000490. The molecule has 2 heteroatoms. The molecule has 0 saturated carbocycles. The van der Waals surface area contributed by atoms with E-state index in [2.05, 4.69) is 0 Å². The summed E-state index contributed by atoms with van der Waals surface area (Å²) in [6, 6.07) is 0. The summed E-state index contributed by atoms with van der Waals surface area (Å²) >= 11 is 0. The molecule has 0 aromatic carbocycles. The Morgan fingerprint density at radius 1 is 1.38 bits per heavy atom. The second-order valence-electron chi connectivity index (χ2n) is 1.92. The van der Waals surface area contributed by atoms with E-state index in [1.54, 1.807) is 6.08 Å². The third-order valence-corrected chi connectivity index (χ3v) is 1.25. The maximum absolute atomic E-state index is 10.4. The summed E-state index contributed by atoms with van der Waals surface area (Å²) in [6.07, 6.45) is 5.92. The summed E-state index contributed by atoms with van der Waals surface area (Å²) in [4.78, 5) is 0. The third-order valence-electron chi connectivity index (χ3n) is 1.25. The monoisotopic (exact) mass is 104 g/mol. The van der Waals surface area contributed by atoms with Gasteiger partial charge in [0.15, 0.2) is 0 Å². The smallest absolute Gasteiger partial charge is 0.876 e. The Kier molecular flexibility index (Phi) is 4.13. The molecule has 0 aromatic heterocycles. The summed E-state index contributed by atoms with van der Waals surface area (Å²) in [5.74, 6) is 0.339. The minimum absolute atomic E-state index is 0. The van der Waals surface area contributed by atoms with E-state index in [0.29, 0.717) is 5.76 Å². The van der Waals surface area contributed by atoms with Crippen LogP contribution < -0.4 is 24.0 Å². The number of hydrogen-bond donors (Lipinski definition) is 0. The van der Waals surface area contributed by atoms with Crippen molar-refractivity contribution in [2.45, 2.75) is 25.7 Å². The first kappa shape index (κ1) is 8.14. The van der Waals surface area contributed by atoms with Gasteiger partial charge in [0.2, 0.25) is 0 Å². The first-order chi connectivity index (χ1) is 3.39. The molecule has 0 saturated heterocycles. The van der Waals surface area contributed by atoms with Gasteiger partial charge in [-0.05, 0) is 19.3 Å². The van der Waals surface area contributed by atoms with E-state index in [-0.39, 0.29) is 18.9 Å². The van der Waals surface area contributed by atoms with E-state index < -0.39 is 0 Å². The van der Waals surface area contributed by atoms with Gasteiger partial charge in [-0.15, -0.1) is 5.76 Å². The van der Waals surface area contributed by atoms with E-state index in [4.69, 9.17) is 0 Å². The molecule has 1 rings (SSSR count). The SMILES string of the molecule is [Li+].[O-]C1=CCCCC1. The van der Waals surface area contributed by atoms with E-state index >= 15 is 0 Å². The Hall–Kier alpha value is 0.137. The molecular weight excluding hydrogens is 95.0 g/mol. The standard InChI is InChI=1S/C6H10O.Li/c7-6-4-2-1-3-5-6;/h4,7H,1-3,5H2;/q;+1/p-1. The van der Waals surface area contributed by atoms with Crippen LogP contribution in [0.25, 0.3) is 0 Å². The molecule has 1 aliphatic carbocycles. The minimum Gasteiger partial charge on any atom is -0.876 e. The van der Waals surface area contributed by atoms with Crippen LogP contribution in [-0.4, -0.2) is 0 Å². The zero-order chi connectivity index (χ0) is 5.11. The van der Waals surface area contributed by atoms with Crippen molar-refractivity contribution in [3.63, 3.8) is 0 Å². The molecule has 1 nitrogen and oxygen atoms in total. The topological polar surface area (TPSA) is 23.1 Å². The molecule has 0 aliphatic heterocycles. The second kappa shape index (κ2) is 4.06. The molecule has 0 spiro atoms. The fourth-order valence-corrected chi connectivity index (χ4v) is 0.809. The van der Waals surface area contributed by atoms with Gasteiger partial charge in [0.25, 0.3) is 0 Å². The van der Waals surface area contributed by atoms with E-state index in [1.165, 1.54) is 6.42 Å². The van der Waals surface area contributed by atoms with Gasteiger partial charge >= 0.3 is 18.9 Å². The molecule has 0 fully saturated rings. The first-order valence-corrected chi connectivity index (χ1v) is 2.75. The average Bonchev–Trinajstić information content (AvgIpc) is 1.69. The molecule has 0 amide bonds. The normalized spacial score (nSPS) is 18.8. The summed E-state index contributed by atoms with van der Waals surface area (Å²) in [6.45, 7) is 0. The Labute approximate surface area is 62.0 Å². The van der Waals surface area contributed by atoms with Crippen LogP contribution in [-0.2, 0) is 0 Å². The molecule has 0 radical (unpaired) electrons. The summed E-state index contributed by atoms with van der Waals surface area (Å²) in [5, 5.41) is 10.4. The quantitative estimate of drug-likeness (QED) is 0.320. The van der Waals surface area contributed by atoms with Gasteiger partial charge in [-0.1, -0.05) is 12.5 Å².